The molecule has 0 unspecified atom stereocenters. The SMILES string of the molecule is CC(C)(C)c1ccc2c(c1)-c1nc-2nc2[nH]c(nc3nc(nc4[nH]c(n1)c1ccc(C(C)(C)C)cc41)-c1ccc(C(C)(C)C)cc1-3)c1cc([N+](=O)[O-])ccc21. The number of nitro groups is 1. The summed E-state index contributed by atoms with van der Waals surface area (Å²) in [5.41, 5.74) is 8.47. The second kappa shape index (κ2) is 11.6. The second-order valence-electron chi connectivity index (χ2n) is 17.6. The van der Waals surface area contributed by atoms with Crippen LogP contribution >= 0.6 is 0 Å². The van der Waals surface area contributed by atoms with Gasteiger partial charge in [-0.25, -0.2) is 29.9 Å². The fourth-order valence-corrected chi connectivity index (χ4v) is 7.30. The summed E-state index contributed by atoms with van der Waals surface area (Å²) in [6, 6.07) is 23.7. The number of hydrogen-bond acceptors (Lipinski definition) is 8. The van der Waals surface area contributed by atoms with Gasteiger partial charge in [0.1, 0.15) is 22.6 Å². The summed E-state index contributed by atoms with van der Waals surface area (Å²) < 4.78 is 0. The highest BCUT2D eigenvalue weighted by atomic mass is 16.6. The largest absolute Gasteiger partial charge is 0.324 e. The molecule has 0 spiro atoms. The van der Waals surface area contributed by atoms with Gasteiger partial charge in [0.25, 0.3) is 5.69 Å². The number of rotatable bonds is 1. The van der Waals surface area contributed by atoms with E-state index < -0.39 is 4.92 Å². The van der Waals surface area contributed by atoms with Crippen LogP contribution in [0.3, 0.4) is 0 Å². The Bertz CT molecular complexity index is 2970. The third-order valence-corrected chi connectivity index (χ3v) is 10.6. The van der Waals surface area contributed by atoms with Gasteiger partial charge in [-0.15, -0.1) is 0 Å². The van der Waals surface area contributed by atoms with Gasteiger partial charge in [0, 0.05) is 55.9 Å². The van der Waals surface area contributed by atoms with Gasteiger partial charge in [-0.05, 0) is 57.2 Å². The fourth-order valence-electron chi connectivity index (χ4n) is 7.30. The van der Waals surface area contributed by atoms with Crippen LogP contribution in [0.2, 0.25) is 0 Å². The first-order chi connectivity index (χ1) is 25.9. The molecule has 9 rings (SSSR count). The number of nitrogens with one attached hydrogen (secondary N) is 2. The lowest BCUT2D eigenvalue weighted by Gasteiger charge is -2.19. The Kier molecular flexibility index (Phi) is 7.24. The predicted octanol–water partition coefficient (Wildman–Crippen LogP) is 10.7. The summed E-state index contributed by atoms with van der Waals surface area (Å²) in [5, 5.41) is 15.0. The molecule has 0 radical (unpaired) electrons. The number of non-ortho nitro benzene ring substituents is 1. The fraction of sp³-hybridized carbons (Fsp3) is 0.273. The first-order valence-corrected chi connectivity index (χ1v) is 18.5. The quantitative estimate of drug-likeness (QED) is 0.125. The van der Waals surface area contributed by atoms with Gasteiger partial charge in [-0.1, -0.05) is 98.7 Å². The van der Waals surface area contributed by atoms with Crippen molar-refractivity contribution in [2.45, 2.75) is 78.6 Å². The molecule has 7 aromatic rings. The Morgan fingerprint density at radius 3 is 1.24 bits per heavy atom. The predicted molar refractivity (Wildman–Crippen MR) is 219 cm³/mol. The molecule has 0 saturated heterocycles. The summed E-state index contributed by atoms with van der Waals surface area (Å²) >= 11 is 0. The van der Waals surface area contributed by atoms with Crippen molar-refractivity contribution < 1.29 is 4.92 Å². The Balaban J connectivity index is 1.47. The molecule has 2 N–H and O–H groups in total. The van der Waals surface area contributed by atoms with Gasteiger partial charge in [0.05, 0.1) is 4.92 Å². The molecule has 0 fully saturated rings. The minimum Gasteiger partial charge on any atom is -0.324 e. The smallest absolute Gasteiger partial charge is 0.270 e. The number of fused-ring (bicyclic) bond motifs is 20. The van der Waals surface area contributed by atoms with Crippen LogP contribution in [0.25, 0.3) is 89.7 Å². The summed E-state index contributed by atoms with van der Waals surface area (Å²) in [6.45, 7) is 19.6. The maximum Gasteiger partial charge on any atom is 0.270 e. The number of hydrogen-bond donors (Lipinski definition) is 2. The molecule has 0 amide bonds. The molecule has 2 aliphatic rings. The molecule has 2 aliphatic heterocycles. The second-order valence-corrected chi connectivity index (χ2v) is 17.6. The average Bonchev–Trinajstić information content (AvgIpc) is 3.85. The van der Waals surface area contributed by atoms with Crippen molar-refractivity contribution in [1.29, 1.82) is 0 Å². The number of nitro benzene ring substituents is 1. The van der Waals surface area contributed by atoms with E-state index in [1.807, 2.05) is 6.07 Å². The van der Waals surface area contributed by atoms with E-state index in [0.717, 1.165) is 49.7 Å². The molecule has 4 aromatic carbocycles. The van der Waals surface area contributed by atoms with Crippen LogP contribution in [-0.4, -0.2) is 44.8 Å². The number of aromatic nitrogens is 8. The van der Waals surface area contributed by atoms with E-state index in [1.54, 1.807) is 6.07 Å². The lowest BCUT2D eigenvalue weighted by atomic mass is 9.85. The van der Waals surface area contributed by atoms with Crippen molar-refractivity contribution in [2.75, 3.05) is 0 Å². The lowest BCUT2D eigenvalue weighted by molar-refractivity contribution is -0.384. The number of aromatic amines is 2. The van der Waals surface area contributed by atoms with Crippen LogP contribution in [0.5, 0.6) is 0 Å². The maximum absolute atomic E-state index is 12.0. The van der Waals surface area contributed by atoms with Crippen molar-refractivity contribution >= 4 is 49.8 Å². The van der Waals surface area contributed by atoms with Crippen LogP contribution in [0, 0.1) is 10.1 Å². The van der Waals surface area contributed by atoms with Gasteiger partial charge >= 0.3 is 0 Å². The average molecular weight is 728 g/mol. The Morgan fingerprint density at radius 1 is 0.436 bits per heavy atom. The minimum atomic E-state index is -0.405. The van der Waals surface area contributed by atoms with Gasteiger partial charge in [-0.2, -0.15) is 0 Å². The van der Waals surface area contributed by atoms with Crippen LogP contribution in [0.1, 0.15) is 79.0 Å². The standard InChI is InChI=1S/C44H41N9O2/c1-42(2,3)22-10-14-26-30(18-22)38-46-34(26)45-37-29-17-13-25(53(54)55)21-33(29)41(51-37)52-40-32-20-24(44(7,8)9)12-16-28(32)36(50-40)49-39-31-19-23(43(4,5)6)11-15-27(31)35(47-38)48-39/h10-21H,1-9H3,(H2,45,46,47,48,49,50,51,52). The summed E-state index contributed by atoms with van der Waals surface area (Å²) in [6.07, 6.45) is 0. The third kappa shape index (κ3) is 5.73. The van der Waals surface area contributed by atoms with Crippen LogP contribution in [0.4, 0.5) is 5.69 Å². The van der Waals surface area contributed by atoms with Crippen molar-refractivity contribution in [3.8, 4) is 45.6 Å². The molecule has 274 valence electrons. The van der Waals surface area contributed by atoms with E-state index in [0.29, 0.717) is 56.7 Å². The summed E-state index contributed by atoms with van der Waals surface area (Å²) in [7, 11) is 0. The Morgan fingerprint density at radius 2 is 0.800 bits per heavy atom. The zero-order valence-corrected chi connectivity index (χ0v) is 32.4. The molecule has 3 aromatic heterocycles. The van der Waals surface area contributed by atoms with Gasteiger partial charge in [-0.3, -0.25) is 10.1 Å². The highest BCUT2D eigenvalue weighted by Gasteiger charge is 2.26. The zero-order valence-electron chi connectivity index (χ0n) is 32.4. The van der Waals surface area contributed by atoms with Crippen molar-refractivity contribution in [3.05, 3.63) is 99.6 Å². The molecule has 55 heavy (non-hydrogen) atoms. The molecule has 8 bridgehead atoms. The molecule has 0 aliphatic carbocycles. The molecule has 11 heteroatoms. The monoisotopic (exact) mass is 727 g/mol. The number of H-pyrrole nitrogens is 2. The number of nitrogens with zero attached hydrogens (tertiary/aromatic N) is 7. The zero-order chi connectivity index (χ0) is 38.8. The van der Waals surface area contributed by atoms with E-state index in [4.69, 9.17) is 29.9 Å². The van der Waals surface area contributed by atoms with Gasteiger partial charge in [0.15, 0.2) is 23.3 Å². The van der Waals surface area contributed by atoms with Crippen molar-refractivity contribution in [1.82, 2.24) is 39.9 Å². The Labute approximate surface area is 317 Å². The Hall–Kier alpha value is -6.36. The minimum absolute atomic E-state index is 0.0529. The summed E-state index contributed by atoms with van der Waals surface area (Å²) in [5.74, 6) is 1.93. The lowest BCUT2D eigenvalue weighted by Crippen LogP contribution is -2.10. The normalized spacial score (nSPS) is 13.0. The van der Waals surface area contributed by atoms with E-state index in [9.17, 15) is 10.1 Å². The molecular formula is C44H41N9O2. The first kappa shape index (κ1) is 34.4. The summed E-state index contributed by atoms with van der Waals surface area (Å²) in [4.78, 5) is 49.3. The molecule has 11 nitrogen and oxygen atoms in total. The van der Waals surface area contributed by atoms with E-state index in [2.05, 4.69) is 121 Å². The van der Waals surface area contributed by atoms with Crippen molar-refractivity contribution in [3.63, 3.8) is 0 Å². The maximum atomic E-state index is 12.0. The van der Waals surface area contributed by atoms with Gasteiger partial charge in [0.2, 0.25) is 0 Å². The molecule has 0 saturated carbocycles. The molecule has 5 heterocycles. The highest BCUT2D eigenvalue weighted by molar-refractivity contribution is 6.07. The highest BCUT2D eigenvalue weighted by Crippen LogP contribution is 2.41. The van der Waals surface area contributed by atoms with Crippen LogP contribution in [0.15, 0.2) is 72.8 Å². The number of benzene rings is 4. The molecule has 0 atom stereocenters. The van der Waals surface area contributed by atoms with E-state index in [-0.39, 0.29) is 21.9 Å². The topological polar surface area (TPSA) is 152 Å². The van der Waals surface area contributed by atoms with Crippen LogP contribution in [-0.2, 0) is 16.2 Å². The van der Waals surface area contributed by atoms with Crippen molar-refractivity contribution in [2.24, 2.45) is 0 Å². The first-order valence-electron chi connectivity index (χ1n) is 18.5. The van der Waals surface area contributed by atoms with E-state index >= 15 is 0 Å². The molecular weight excluding hydrogens is 687 g/mol. The van der Waals surface area contributed by atoms with Crippen LogP contribution < -0.4 is 0 Å². The van der Waals surface area contributed by atoms with E-state index in [1.165, 1.54) is 12.1 Å². The third-order valence-electron chi connectivity index (χ3n) is 10.6. The van der Waals surface area contributed by atoms with Gasteiger partial charge < -0.3 is 9.97 Å².